The average Bonchev–Trinajstić information content (AvgIpc) is 0.781. The van der Waals surface area contributed by atoms with Gasteiger partial charge in [0.2, 0.25) is 5.91 Å². The quantitative estimate of drug-likeness (QED) is 0.0199. The first kappa shape index (κ1) is 96.9. The zero-order valence-corrected chi connectivity index (χ0v) is 65.6. The second kappa shape index (κ2) is 66.3. The predicted octanol–water partition coefficient (Wildman–Crippen LogP) is 14.6. The van der Waals surface area contributed by atoms with E-state index < -0.39 is 124 Å². The molecule has 0 saturated carbocycles. The molecule has 19 nitrogen and oxygen atoms in total. The number of hydrogen-bond acceptors (Lipinski definition) is 18. The molecule has 0 spiro atoms. The van der Waals surface area contributed by atoms with Crippen LogP contribution in [0.3, 0.4) is 0 Å². The summed E-state index contributed by atoms with van der Waals surface area (Å²) in [7, 11) is 0. The Morgan fingerprint density at radius 1 is 0.346 bits per heavy atom. The van der Waals surface area contributed by atoms with Crippen LogP contribution < -0.4 is 5.32 Å². The minimum Gasteiger partial charge on any atom is -0.394 e. The first-order chi connectivity index (χ1) is 52.3. The molecule has 3 fully saturated rings. The minimum absolute atomic E-state index is 0.219. The third-order valence-electron chi connectivity index (χ3n) is 19.6. The average molecular weight is 1510 g/mol. The zero-order valence-electron chi connectivity index (χ0n) is 65.6. The fourth-order valence-electron chi connectivity index (χ4n) is 13.0. The standard InChI is InChI=1S/C88H147NO18/c1-3-5-7-9-11-13-15-17-19-21-23-25-27-28-29-30-31-32-33-34-35-36-37-38-39-40-41-42-44-46-48-50-52-54-56-58-60-62-64-66-76(94)89-71(72(93)65-63-61-59-57-55-53-51-49-47-45-43-26-24-22-20-18-16-14-12-10-8-6-4-2)70-102-86-82(100)79(97)84(74(68-91)104-86)107-88-83(101)80(98)85(75(69-92)105-88)106-87-81(99)78(96)77(95)73(67-90)103-87/h5,7,11,13,17,19,23,25,28-29,31-32,34-35,37-38,40-41,47,49,55,57,63,65,71-75,77-88,90-93,95-101H,3-4,6,8-10,12,14-16,18,20-22,24,26-27,30,33,36,39,42-46,48,50-54,56,58-62,64,66-70H2,1-2H3,(H,89,94)/b7-5-,13-11-,19-17-,25-23-,29-28-,32-31-,35-34-,38-37-,41-40-,49-47+,57-55+,65-63+. The van der Waals surface area contributed by atoms with Gasteiger partial charge in [-0.2, -0.15) is 0 Å². The Morgan fingerprint density at radius 2 is 0.654 bits per heavy atom. The number of unbranched alkanes of at least 4 members (excludes halogenated alkanes) is 26. The summed E-state index contributed by atoms with van der Waals surface area (Å²) < 4.78 is 34.4. The summed E-state index contributed by atoms with van der Waals surface area (Å²) in [4.78, 5) is 13.5. The molecule has 3 saturated heterocycles. The Hall–Kier alpha value is -4.33. The van der Waals surface area contributed by atoms with E-state index in [1.54, 1.807) is 6.08 Å². The van der Waals surface area contributed by atoms with Gasteiger partial charge in [0.15, 0.2) is 18.9 Å². The van der Waals surface area contributed by atoms with E-state index in [-0.39, 0.29) is 18.9 Å². The highest BCUT2D eigenvalue weighted by Gasteiger charge is 2.54. The van der Waals surface area contributed by atoms with Crippen molar-refractivity contribution in [2.24, 2.45) is 0 Å². The molecule has 3 rings (SSSR count). The molecule has 19 heteroatoms. The van der Waals surface area contributed by atoms with Crippen LogP contribution in [0, 0.1) is 0 Å². The van der Waals surface area contributed by atoms with E-state index in [0.29, 0.717) is 12.8 Å². The summed E-state index contributed by atoms with van der Waals surface area (Å²) in [5.41, 5.74) is 0. The molecule has 0 bridgehead atoms. The van der Waals surface area contributed by atoms with Crippen molar-refractivity contribution in [3.8, 4) is 0 Å². The van der Waals surface area contributed by atoms with Crippen LogP contribution in [0.2, 0.25) is 0 Å². The largest absolute Gasteiger partial charge is 0.394 e. The number of ether oxygens (including phenoxy) is 6. The third kappa shape index (κ3) is 45.7. The van der Waals surface area contributed by atoms with Crippen LogP contribution in [0.5, 0.6) is 0 Å². The number of allylic oxidation sites excluding steroid dienone is 23. The molecule has 17 atom stereocenters. The maximum Gasteiger partial charge on any atom is 0.220 e. The van der Waals surface area contributed by atoms with Crippen LogP contribution in [0.4, 0.5) is 0 Å². The fraction of sp³-hybridized carbons (Fsp3) is 0.716. The van der Waals surface area contributed by atoms with E-state index >= 15 is 0 Å². The monoisotopic (exact) mass is 1510 g/mol. The molecule has 0 radical (unpaired) electrons. The highest BCUT2D eigenvalue weighted by atomic mass is 16.8. The molecule has 0 aromatic heterocycles. The maximum absolute atomic E-state index is 13.5. The number of amides is 1. The van der Waals surface area contributed by atoms with E-state index in [4.69, 9.17) is 28.4 Å². The van der Waals surface area contributed by atoms with Crippen LogP contribution in [0.15, 0.2) is 146 Å². The van der Waals surface area contributed by atoms with Gasteiger partial charge in [-0.3, -0.25) is 4.79 Å². The summed E-state index contributed by atoms with van der Waals surface area (Å²) in [5, 5.41) is 121. The smallest absolute Gasteiger partial charge is 0.220 e. The number of hydrogen-bond donors (Lipinski definition) is 12. The molecule has 3 heterocycles. The van der Waals surface area contributed by atoms with Gasteiger partial charge in [-0.1, -0.05) is 295 Å². The first-order valence-corrected chi connectivity index (χ1v) is 41.6. The molecule has 0 aromatic carbocycles. The van der Waals surface area contributed by atoms with Crippen molar-refractivity contribution in [3.05, 3.63) is 146 Å². The zero-order chi connectivity index (χ0) is 77.4. The van der Waals surface area contributed by atoms with Gasteiger partial charge >= 0.3 is 0 Å². The van der Waals surface area contributed by atoms with Crippen molar-refractivity contribution >= 4 is 5.91 Å². The van der Waals surface area contributed by atoms with Gasteiger partial charge in [-0.25, -0.2) is 0 Å². The third-order valence-corrected chi connectivity index (χ3v) is 19.6. The molecule has 0 aromatic rings. The van der Waals surface area contributed by atoms with E-state index in [1.165, 1.54) is 122 Å². The van der Waals surface area contributed by atoms with Gasteiger partial charge in [0.1, 0.15) is 73.2 Å². The predicted molar refractivity (Wildman–Crippen MR) is 429 cm³/mol. The molecule has 0 aliphatic carbocycles. The summed E-state index contributed by atoms with van der Waals surface area (Å²) in [6.45, 7) is 1.60. The van der Waals surface area contributed by atoms with E-state index in [0.717, 1.165) is 116 Å². The van der Waals surface area contributed by atoms with Crippen LogP contribution >= 0.6 is 0 Å². The second-order valence-electron chi connectivity index (χ2n) is 28.8. The highest BCUT2D eigenvalue weighted by molar-refractivity contribution is 5.76. The molecule has 107 heavy (non-hydrogen) atoms. The summed E-state index contributed by atoms with van der Waals surface area (Å²) in [6.07, 6.45) is 69.7. The first-order valence-electron chi connectivity index (χ1n) is 41.6. The fourth-order valence-corrected chi connectivity index (χ4v) is 13.0. The summed E-state index contributed by atoms with van der Waals surface area (Å²) >= 11 is 0. The maximum atomic E-state index is 13.5. The highest BCUT2D eigenvalue weighted by Crippen LogP contribution is 2.33. The Morgan fingerprint density at radius 3 is 1.05 bits per heavy atom. The second-order valence-corrected chi connectivity index (χ2v) is 28.8. The molecular formula is C88H147NO18. The van der Waals surface area contributed by atoms with Crippen molar-refractivity contribution in [1.29, 1.82) is 0 Å². The lowest BCUT2D eigenvalue weighted by Crippen LogP contribution is -2.66. The number of aliphatic hydroxyl groups excluding tert-OH is 11. The molecule has 3 aliphatic heterocycles. The molecule has 612 valence electrons. The van der Waals surface area contributed by atoms with Crippen molar-refractivity contribution < 1.29 is 89.4 Å². The van der Waals surface area contributed by atoms with E-state index in [2.05, 4.69) is 153 Å². The summed E-state index contributed by atoms with van der Waals surface area (Å²) in [6, 6.07) is -1.01. The lowest BCUT2D eigenvalue weighted by Gasteiger charge is -2.48. The van der Waals surface area contributed by atoms with Gasteiger partial charge in [0.25, 0.3) is 0 Å². The SMILES string of the molecule is CC/C=C\C/C=C\C/C=C\C/C=C\C/C=C\C/C=C\C/C=C\C/C=C\C/C=C\CCCCCCCCCCCCCC(=O)NC(COC1OC(CO)C(OC2OC(CO)C(OC3OC(CO)C(O)C(O)C3O)C(O)C2O)C(O)C1O)C(O)/C=C/CC/C=C/CC/C=C/CCCCCCCCCCCCCCC. The Bertz CT molecular complexity index is 2500. The summed E-state index contributed by atoms with van der Waals surface area (Å²) in [5.74, 6) is -0.297. The van der Waals surface area contributed by atoms with Crippen LogP contribution in [0.1, 0.15) is 271 Å². The molecule has 3 aliphatic rings. The van der Waals surface area contributed by atoms with Crippen molar-refractivity contribution in [2.75, 3.05) is 26.4 Å². The van der Waals surface area contributed by atoms with Gasteiger partial charge < -0.3 is 89.9 Å². The van der Waals surface area contributed by atoms with Gasteiger partial charge in [-0.15, -0.1) is 0 Å². The number of carbonyl (C=O) groups is 1. The number of rotatable bonds is 64. The number of nitrogens with one attached hydrogen (secondary N) is 1. The van der Waals surface area contributed by atoms with E-state index in [1.807, 2.05) is 6.08 Å². The van der Waals surface area contributed by atoms with Crippen LogP contribution in [-0.4, -0.2) is 193 Å². The Balaban J connectivity index is 1.36. The molecule has 1 amide bonds. The molecule has 12 N–H and O–H groups in total. The van der Waals surface area contributed by atoms with Crippen molar-refractivity contribution in [2.45, 2.75) is 375 Å². The van der Waals surface area contributed by atoms with Crippen molar-refractivity contribution in [1.82, 2.24) is 5.32 Å². The van der Waals surface area contributed by atoms with Gasteiger partial charge in [0, 0.05) is 6.42 Å². The Kier molecular flexibility index (Phi) is 60.0. The van der Waals surface area contributed by atoms with Gasteiger partial charge in [0.05, 0.1) is 38.6 Å². The van der Waals surface area contributed by atoms with Gasteiger partial charge in [-0.05, 0) is 116 Å². The van der Waals surface area contributed by atoms with Crippen LogP contribution in [0.25, 0.3) is 0 Å². The lowest BCUT2D eigenvalue weighted by molar-refractivity contribution is -0.379. The van der Waals surface area contributed by atoms with Crippen molar-refractivity contribution in [3.63, 3.8) is 0 Å². The lowest BCUT2D eigenvalue weighted by atomic mass is 9.96. The normalized spacial score (nSPS) is 26.3. The Labute approximate surface area is 644 Å². The number of carbonyl (C=O) groups excluding carboxylic acids is 1. The minimum atomic E-state index is -1.99. The number of aliphatic hydroxyl groups is 11. The molecule has 17 unspecified atom stereocenters. The molecular weight excluding hydrogens is 1360 g/mol. The van der Waals surface area contributed by atoms with E-state index in [9.17, 15) is 61.0 Å². The van der Waals surface area contributed by atoms with Crippen LogP contribution in [-0.2, 0) is 33.2 Å². The topological polar surface area (TPSA) is 307 Å².